The Morgan fingerprint density at radius 1 is 1.24 bits per heavy atom. The molecule has 3 unspecified atom stereocenters. The topological polar surface area (TPSA) is 50.8 Å². The number of nitrogens with zero attached hydrogens (tertiary/aromatic N) is 1. The van der Waals surface area contributed by atoms with Crippen molar-refractivity contribution in [2.45, 2.75) is 57.3 Å². The summed E-state index contributed by atoms with van der Waals surface area (Å²) in [6, 6.07) is 0. The molecule has 2 aliphatic heterocycles. The molecule has 21 heavy (non-hydrogen) atoms. The average Bonchev–Trinajstić information content (AvgIpc) is 3.25. The van der Waals surface area contributed by atoms with E-state index >= 15 is 0 Å². The molecular weight excluding hydrogens is 268 g/mol. The quantitative estimate of drug-likeness (QED) is 0.715. The number of hydrogen-bond acceptors (Lipinski definition) is 5. The van der Waals surface area contributed by atoms with E-state index in [0.29, 0.717) is 24.7 Å². The minimum atomic E-state index is -0.512. The van der Waals surface area contributed by atoms with Crippen molar-refractivity contribution < 1.29 is 14.3 Å². The standard InChI is InChI=1S/C16H28N2O3/c1-3-17-16(12-5-6-12,15(19)20-4-2)11-18-9-13-7-8-14(10-18)21-13/h12-14,17H,3-11H2,1-2H3. The molecule has 2 bridgehead atoms. The fraction of sp³-hybridized carbons (Fsp3) is 0.938. The van der Waals surface area contributed by atoms with E-state index in [1.54, 1.807) is 0 Å². The Morgan fingerprint density at radius 3 is 2.43 bits per heavy atom. The summed E-state index contributed by atoms with van der Waals surface area (Å²) in [6.45, 7) is 7.88. The van der Waals surface area contributed by atoms with Gasteiger partial charge in [0.1, 0.15) is 5.54 Å². The average molecular weight is 296 g/mol. The van der Waals surface area contributed by atoms with Gasteiger partial charge in [-0.3, -0.25) is 4.90 Å². The number of carbonyl (C=O) groups excluding carboxylic acids is 1. The molecule has 3 fully saturated rings. The molecule has 3 atom stereocenters. The van der Waals surface area contributed by atoms with Gasteiger partial charge in [-0.1, -0.05) is 6.92 Å². The van der Waals surface area contributed by atoms with Crippen molar-refractivity contribution in [3.8, 4) is 0 Å². The summed E-state index contributed by atoms with van der Waals surface area (Å²) in [4.78, 5) is 15.1. The summed E-state index contributed by atoms with van der Waals surface area (Å²) in [5, 5.41) is 3.48. The first-order chi connectivity index (χ1) is 10.2. The summed E-state index contributed by atoms with van der Waals surface area (Å²) < 4.78 is 11.3. The molecule has 0 radical (unpaired) electrons. The highest BCUT2D eigenvalue weighted by molar-refractivity contribution is 5.82. The SMILES string of the molecule is CCNC(CN1CC2CCC(C1)O2)(C(=O)OCC)C1CC1. The minimum absolute atomic E-state index is 0.0619. The van der Waals surface area contributed by atoms with Gasteiger partial charge in [0, 0.05) is 19.6 Å². The molecule has 0 spiro atoms. The van der Waals surface area contributed by atoms with Gasteiger partial charge in [0.15, 0.2) is 0 Å². The second kappa shape index (κ2) is 6.23. The van der Waals surface area contributed by atoms with Gasteiger partial charge in [-0.15, -0.1) is 0 Å². The van der Waals surface area contributed by atoms with Gasteiger partial charge in [-0.05, 0) is 45.1 Å². The van der Waals surface area contributed by atoms with Crippen LogP contribution in [0.2, 0.25) is 0 Å². The second-order valence-corrected chi connectivity index (χ2v) is 6.65. The zero-order valence-corrected chi connectivity index (χ0v) is 13.3. The van der Waals surface area contributed by atoms with Gasteiger partial charge in [-0.25, -0.2) is 4.79 Å². The van der Waals surface area contributed by atoms with Crippen LogP contribution in [0.25, 0.3) is 0 Å². The molecule has 5 heteroatoms. The van der Waals surface area contributed by atoms with Gasteiger partial charge in [0.2, 0.25) is 0 Å². The maximum Gasteiger partial charge on any atom is 0.327 e. The zero-order chi connectivity index (χ0) is 14.9. The number of ether oxygens (including phenoxy) is 2. The van der Waals surface area contributed by atoms with Crippen molar-refractivity contribution in [3.05, 3.63) is 0 Å². The van der Waals surface area contributed by atoms with Crippen LogP contribution >= 0.6 is 0 Å². The number of likely N-dealkylation sites (N-methyl/N-ethyl adjacent to an activating group) is 1. The van der Waals surface area contributed by atoms with Crippen LogP contribution < -0.4 is 5.32 Å². The van der Waals surface area contributed by atoms with Crippen molar-refractivity contribution >= 4 is 5.97 Å². The number of fused-ring (bicyclic) bond motifs is 2. The Balaban J connectivity index is 1.73. The van der Waals surface area contributed by atoms with Crippen molar-refractivity contribution in [1.82, 2.24) is 10.2 Å². The lowest BCUT2D eigenvalue weighted by Gasteiger charge is -2.40. The molecule has 0 amide bonds. The van der Waals surface area contributed by atoms with Crippen LogP contribution in [0.4, 0.5) is 0 Å². The zero-order valence-electron chi connectivity index (χ0n) is 13.3. The van der Waals surface area contributed by atoms with Crippen LogP contribution in [0.5, 0.6) is 0 Å². The van der Waals surface area contributed by atoms with Crippen molar-refractivity contribution in [1.29, 1.82) is 0 Å². The highest BCUT2D eigenvalue weighted by Gasteiger charge is 2.53. The molecule has 1 N–H and O–H groups in total. The van der Waals surface area contributed by atoms with Crippen molar-refractivity contribution in [3.63, 3.8) is 0 Å². The summed E-state index contributed by atoms with van der Waals surface area (Å²) in [6.07, 6.45) is 5.32. The third kappa shape index (κ3) is 3.10. The number of rotatable bonds is 7. The maximum atomic E-state index is 12.6. The fourth-order valence-electron chi connectivity index (χ4n) is 3.97. The molecule has 0 aromatic carbocycles. The van der Waals surface area contributed by atoms with Crippen LogP contribution in [-0.2, 0) is 14.3 Å². The third-order valence-corrected chi connectivity index (χ3v) is 5.00. The number of carbonyl (C=O) groups is 1. The molecule has 3 aliphatic rings. The molecule has 2 heterocycles. The van der Waals surface area contributed by atoms with Gasteiger partial charge < -0.3 is 14.8 Å². The molecule has 5 nitrogen and oxygen atoms in total. The highest BCUT2D eigenvalue weighted by atomic mass is 16.5. The second-order valence-electron chi connectivity index (χ2n) is 6.65. The van der Waals surface area contributed by atoms with E-state index in [9.17, 15) is 4.79 Å². The largest absolute Gasteiger partial charge is 0.465 e. The van der Waals surface area contributed by atoms with Crippen LogP contribution in [0.3, 0.4) is 0 Å². The lowest BCUT2D eigenvalue weighted by atomic mass is 9.91. The molecule has 0 aromatic heterocycles. The van der Waals surface area contributed by atoms with E-state index < -0.39 is 5.54 Å². The Labute approximate surface area is 127 Å². The molecule has 1 saturated carbocycles. The molecule has 3 rings (SSSR count). The predicted octanol–water partition coefficient (Wildman–Crippen LogP) is 1.17. The van der Waals surface area contributed by atoms with Gasteiger partial charge >= 0.3 is 5.97 Å². The van der Waals surface area contributed by atoms with Crippen molar-refractivity contribution in [2.75, 3.05) is 32.8 Å². The molecule has 1 aliphatic carbocycles. The van der Waals surface area contributed by atoms with E-state index in [1.165, 1.54) is 0 Å². The number of morpholine rings is 1. The van der Waals surface area contributed by atoms with Crippen LogP contribution in [-0.4, -0.2) is 61.4 Å². The van der Waals surface area contributed by atoms with E-state index in [4.69, 9.17) is 9.47 Å². The minimum Gasteiger partial charge on any atom is -0.465 e. The predicted molar refractivity (Wildman–Crippen MR) is 80.1 cm³/mol. The summed E-state index contributed by atoms with van der Waals surface area (Å²) in [7, 11) is 0. The molecule has 0 aromatic rings. The Morgan fingerprint density at radius 2 is 1.90 bits per heavy atom. The lowest BCUT2D eigenvalue weighted by molar-refractivity contribution is -0.154. The van der Waals surface area contributed by atoms with E-state index in [2.05, 4.69) is 17.1 Å². The van der Waals surface area contributed by atoms with E-state index in [1.807, 2.05) is 6.92 Å². The maximum absolute atomic E-state index is 12.6. The monoisotopic (exact) mass is 296 g/mol. The number of likely N-dealkylation sites (tertiary alicyclic amines) is 1. The summed E-state index contributed by atoms with van der Waals surface area (Å²) in [5.74, 6) is 0.366. The first-order valence-electron chi connectivity index (χ1n) is 8.48. The highest BCUT2D eigenvalue weighted by Crippen LogP contribution is 2.41. The van der Waals surface area contributed by atoms with Crippen LogP contribution in [0, 0.1) is 5.92 Å². The number of nitrogens with one attached hydrogen (secondary N) is 1. The number of hydrogen-bond donors (Lipinski definition) is 1. The lowest BCUT2D eigenvalue weighted by Crippen LogP contribution is -2.63. The Kier molecular flexibility index (Phi) is 4.52. The first-order valence-corrected chi connectivity index (χ1v) is 8.48. The van der Waals surface area contributed by atoms with E-state index in [0.717, 1.165) is 51.9 Å². The van der Waals surface area contributed by atoms with E-state index in [-0.39, 0.29) is 5.97 Å². The normalized spacial score (nSPS) is 31.9. The third-order valence-electron chi connectivity index (χ3n) is 5.00. The van der Waals surface area contributed by atoms with Gasteiger partial charge in [0.05, 0.1) is 18.8 Å². The fourth-order valence-corrected chi connectivity index (χ4v) is 3.97. The first kappa shape index (κ1) is 15.3. The molecule has 120 valence electrons. The van der Waals surface area contributed by atoms with Crippen molar-refractivity contribution in [2.24, 2.45) is 5.92 Å². The Bertz CT molecular complexity index is 374. The van der Waals surface area contributed by atoms with Gasteiger partial charge in [-0.2, -0.15) is 0 Å². The summed E-state index contributed by atoms with van der Waals surface area (Å²) in [5.41, 5.74) is -0.512. The van der Waals surface area contributed by atoms with Crippen LogP contribution in [0.1, 0.15) is 39.5 Å². The number of esters is 1. The molecular formula is C16H28N2O3. The van der Waals surface area contributed by atoms with Crippen LogP contribution in [0.15, 0.2) is 0 Å². The molecule has 2 saturated heterocycles. The smallest absolute Gasteiger partial charge is 0.327 e. The summed E-state index contributed by atoms with van der Waals surface area (Å²) >= 11 is 0. The Hall–Kier alpha value is -0.650. The van der Waals surface area contributed by atoms with Gasteiger partial charge in [0.25, 0.3) is 0 Å².